The number of rotatable bonds is 4. The summed E-state index contributed by atoms with van der Waals surface area (Å²) in [5.74, 6) is 1.65. The second-order valence-electron chi connectivity index (χ2n) is 4.85. The third kappa shape index (κ3) is 2.63. The Morgan fingerprint density at radius 1 is 1.53 bits per heavy atom. The van der Waals surface area contributed by atoms with E-state index >= 15 is 0 Å². The predicted octanol–water partition coefficient (Wildman–Crippen LogP) is 2.98. The van der Waals surface area contributed by atoms with Crippen molar-refractivity contribution in [1.82, 2.24) is 0 Å². The highest BCUT2D eigenvalue weighted by Crippen LogP contribution is 2.35. The largest absolute Gasteiger partial charge is 0.472 e. The van der Waals surface area contributed by atoms with Crippen LogP contribution in [0.5, 0.6) is 0 Å². The molecular formula is C13H21NO. The van der Waals surface area contributed by atoms with Crippen LogP contribution < -0.4 is 5.73 Å². The molecule has 1 fully saturated rings. The second kappa shape index (κ2) is 4.84. The minimum Gasteiger partial charge on any atom is -0.472 e. The van der Waals surface area contributed by atoms with E-state index in [0.29, 0.717) is 6.04 Å². The van der Waals surface area contributed by atoms with E-state index in [1.807, 2.05) is 12.3 Å². The molecule has 0 aliphatic heterocycles. The number of nitrogens with two attached hydrogens (primary N) is 1. The maximum absolute atomic E-state index is 6.25. The van der Waals surface area contributed by atoms with Crippen LogP contribution in [0.3, 0.4) is 0 Å². The van der Waals surface area contributed by atoms with Crippen LogP contribution in [-0.2, 0) is 6.42 Å². The van der Waals surface area contributed by atoms with Crippen LogP contribution in [0.25, 0.3) is 0 Å². The number of furan rings is 1. The Morgan fingerprint density at radius 3 is 3.00 bits per heavy atom. The first-order chi connectivity index (χ1) is 7.29. The fourth-order valence-electron chi connectivity index (χ4n) is 2.72. The first-order valence-electron chi connectivity index (χ1n) is 6.06. The van der Waals surface area contributed by atoms with Crippen LogP contribution in [0.2, 0.25) is 0 Å². The molecule has 1 heterocycles. The molecule has 1 aliphatic rings. The van der Waals surface area contributed by atoms with Gasteiger partial charge in [0.05, 0.1) is 12.5 Å². The molecule has 0 saturated heterocycles. The molecule has 3 unspecified atom stereocenters. The van der Waals surface area contributed by atoms with Gasteiger partial charge in [-0.25, -0.2) is 0 Å². The molecule has 2 nitrogen and oxygen atoms in total. The highest BCUT2D eigenvalue weighted by Gasteiger charge is 2.27. The van der Waals surface area contributed by atoms with Crippen LogP contribution in [-0.4, -0.2) is 6.04 Å². The molecule has 0 radical (unpaired) electrons. The average Bonchev–Trinajstić information content (AvgIpc) is 2.86. The molecule has 0 spiro atoms. The fourth-order valence-corrected chi connectivity index (χ4v) is 2.72. The molecule has 0 bridgehead atoms. The van der Waals surface area contributed by atoms with Crippen molar-refractivity contribution in [3.63, 3.8) is 0 Å². The van der Waals surface area contributed by atoms with E-state index in [0.717, 1.165) is 18.3 Å². The number of hydrogen-bond donors (Lipinski definition) is 1. The van der Waals surface area contributed by atoms with E-state index in [2.05, 4.69) is 6.92 Å². The lowest BCUT2D eigenvalue weighted by Crippen LogP contribution is -2.30. The zero-order valence-corrected chi connectivity index (χ0v) is 9.49. The van der Waals surface area contributed by atoms with Gasteiger partial charge >= 0.3 is 0 Å². The minimum atomic E-state index is 0.319. The van der Waals surface area contributed by atoms with E-state index in [-0.39, 0.29) is 0 Å². The third-order valence-electron chi connectivity index (χ3n) is 3.82. The summed E-state index contributed by atoms with van der Waals surface area (Å²) in [7, 11) is 0. The van der Waals surface area contributed by atoms with Crippen LogP contribution in [0.1, 0.15) is 38.2 Å². The van der Waals surface area contributed by atoms with Gasteiger partial charge < -0.3 is 10.2 Å². The summed E-state index contributed by atoms with van der Waals surface area (Å²) < 4.78 is 5.06. The molecule has 84 valence electrons. The van der Waals surface area contributed by atoms with Crippen molar-refractivity contribution in [2.75, 3.05) is 0 Å². The van der Waals surface area contributed by atoms with E-state index in [1.54, 1.807) is 6.26 Å². The van der Waals surface area contributed by atoms with Crippen molar-refractivity contribution in [2.45, 2.75) is 45.1 Å². The van der Waals surface area contributed by atoms with Crippen LogP contribution in [0.4, 0.5) is 0 Å². The Balaban J connectivity index is 1.84. The monoisotopic (exact) mass is 207 g/mol. The zero-order chi connectivity index (χ0) is 10.7. The summed E-state index contributed by atoms with van der Waals surface area (Å²) >= 11 is 0. The van der Waals surface area contributed by atoms with Crippen molar-refractivity contribution in [3.05, 3.63) is 24.2 Å². The summed E-state index contributed by atoms with van der Waals surface area (Å²) in [6, 6.07) is 2.34. The van der Waals surface area contributed by atoms with Crippen LogP contribution in [0.15, 0.2) is 23.0 Å². The summed E-state index contributed by atoms with van der Waals surface area (Å²) in [5, 5.41) is 0. The zero-order valence-electron chi connectivity index (χ0n) is 9.49. The Kier molecular flexibility index (Phi) is 3.47. The van der Waals surface area contributed by atoms with E-state index < -0.39 is 0 Å². The van der Waals surface area contributed by atoms with Gasteiger partial charge in [0, 0.05) is 6.04 Å². The molecule has 1 saturated carbocycles. The smallest absolute Gasteiger partial charge is 0.0935 e. The molecule has 1 aromatic heterocycles. The maximum atomic E-state index is 6.25. The average molecular weight is 207 g/mol. The predicted molar refractivity (Wildman–Crippen MR) is 61.5 cm³/mol. The molecule has 1 aromatic rings. The van der Waals surface area contributed by atoms with E-state index in [9.17, 15) is 0 Å². The van der Waals surface area contributed by atoms with Gasteiger partial charge in [-0.1, -0.05) is 19.8 Å². The minimum absolute atomic E-state index is 0.319. The standard InChI is InChI=1S/C13H21NO/c1-2-10-3-4-12(7-10)13(14)8-11-5-6-15-9-11/h5-6,9-10,12-13H,2-4,7-8,14H2,1H3. The Bertz CT molecular complexity index is 281. The molecule has 2 N–H and O–H groups in total. The molecular weight excluding hydrogens is 186 g/mol. The topological polar surface area (TPSA) is 39.2 Å². The molecule has 2 rings (SSSR count). The Labute approximate surface area is 91.8 Å². The van der Waals surface area contributed by atoms with Crippen LogP contribution in [0, 0.1) is 11.8 Å². The maximum Gasteiger partial charge on any atom is 0.0935 e. The van der Waals surface area contributed by atoms with Gasteiger partial charge in [-0.2, -0.15) is 0 Å². The van der Waals surface area contributed by atoms with Gasteiger partial charge in [-0.15, -0.1) is 0 Å². The fraction of sp³-hybridized carbons (Fsp3) is 0.692. The van der Waals surface area contributed by atoms with Crippen molar-refractivity contribution in [1.29, 1.82) is 0 Å². The first-order valence-corrected chi connectivity index (χ1v) is 6.06. The summed E-state index contributed by atoms with van der Waals surface area (Å²) in [5.41, 5.74) is 7.48. The molecule has 15 heavy (non-hydrogen) atoms. The lowest BCUT2D eigenvalue weighted by molar-refractivity contribution is 0.404. The van der Waals surface area contributed by atoms with Gasteiger partial charge in [0.15, 0.2) is 0 Å². The van der Waals surface area contributed by atoms with Crippen molar-refractivity contribution >= 4 is 0 Å². The molecule has 2 heteroatoms. The van der Waals surface area contributed by atoms with Crippen LogP contribution >= 0.6 is 0 Å². The van der Waals surface area contributed by atoms with Crippen molar-refractivity contribution in [2.24, 2.45) is 17.6 Å². The van der Waals surface area contributed by atoms with Gasteiger partial charge in [0.25, 0.3) is 0 Å². The van der Waals surface area contributed by atoms with Gasteiger partial charge in [0.2, 0.25) is 0 Å². The summed E-state index contributed by atoms with van der Waals surface area (Å²) in [6.45, 7) is 2.29. The Hall–Kier alpha value is -0.760. The van der Waals surface area contributed by atoms with Gasteiger partial charge in [-0.3, -0.25) is 0 Å². The summed E-state index contributed by atoms with van der Waals surface area (Å²) in [6.07, 6.45) is 9.84. The lowest BCUT2D eigenvalue weighted by Gasteiger charge is -2.18. The van der Waals surface area contributed by atoms with Gasteiger partial charge in [0.1, 0.15) is 0 Å². The molecule has 3 atom stereocenters. The third-order valence-corrected chi connectivity index (χ3v) is 3.82. The normalized spacial score (nSPS) is 28.1. The Morgan fingerprint density at radius 2 is 2.40 bits per heavy atom. The SMILES string of the molecule is CCC1CCC(C(N)Cc2ccoc2)C1. The van der Waals surface area contributed by atoms with E-state index in [1.165, 1.54) is 31.2 Å². The number of hydrogen-bond acceptors (Lipinski definition) is 2. The highest BCUT2D eigenvalue weighted by molar-refractivity contribution is 5.08. The van der Waals surface area contributed by atoms with Gasteiger partial charge in [-0.05, 0) is 42.7 Å². The molecule has 0 aromatic carbocycles. The van der Waals surface area contributed by atoms with Crippen molar-refractivity contribution in [3.8, 4) is 0 Å². The molecule has 1 aliphatic carbocycles. The quantitative estimate of drug-likeness (QED) is 0.824. The van der Waals surface area contributed by atoms with Crippen molar-refractivity contribution < 1.29 is 4.42 Å². The first kappa shape index (κ1) is 10.7. The summed E-state index contributed by atoms with van der Waals surface area (Å²) in [4.78, 5) is 0. The molecule has 0 amide bonds. The highest BCUT2D eigenvalue weighted by atomic mass is 16.3. The van der Waals surface area contributed by atoms with E-state index in [4.69, 9.17) is 10.2 Å². The second-order valence-corrected chi connectivity index (χ2v) is 4.85. The lowest BCUT2D eigenvalue weighted by atomic mass is 9.92.